The second kappa shape index (κ2) is 7.22. The Labute approximate surface area is 151 Å². The standard InChI is InChI=1S/C17H15F3N4O3/c18-17(19,20)9-24-8-11(7-15(24)26)16(27)21-12-3-1-2-10(6-12)13-4-5-14(25)23-22-13/h1-6,11H,7-9H2,(H,21,27)(H,23,25). The summed E-state index contributed by atoms with van der Waals surface area (Å²) in [6.07, 6.45) is -4.76. The molecule has 142 valence electrons. The Morgan fingerprint density at radius 1 is 1.26 bits per heavy atom. The van der Waals surface area contributed by atoms with Gasteiger partial charge in [-0.3, -0.25) is 14.4 Å². The lowest BCUT2D eigenvalue weighted by atomic mass is 10.1. The van der Waals surface area contributed by atoms with E-state index in [0.717, 1.165) is 0 Å². The number of amides is 2. The van der Waals surface area contributed by atoms with Gasteiger partial charge in [0.15, 0.2) is 0 Å². The van der Waals surface area contributed by atoms with Gasteiger partial charge in [0.05, 0.1) is 11.6 Å². The Balaban J connectivity index is 1.68. The van der Waals surface area contributed by atoms with E-state index in [0.29, 0.717) is 21.8 Å². The average Bonchev–Trinajstić information content (AvgIpc) is 2.95. The molecule has 0 saturated carbocycles. The van der Waals surface area contributed by atoms with Crippen LogP contribution in [-0.4, -0.2) is 46.2 Å². The van der Waals surface area contributed by atoms with E-state index in [-0.39, 0.29) is 18.5 Å². The van der Waals surface area contributed by atoms with Crippen LogP contribution in [-0.2, 0) is 9.59 Å². The number of likely N-dealkylation sites (tertiary alicyclic amines) is 1. The minimum absolute atomic E-state index is 0.261. The Kier molecular flexibility index (Phi) is 4.98. The maximum Gasteiger partial charge on any atom is 0.406 e. The van der Waals surface area contributed by atoms with Gasteiger partial charge in [-0.25, -0.2) is 5.10 Å². The molecular formula is C17H15F3N4O3. The summed E-state index contributed by atoms with van der Waals surface area (Å²) >= 11 is 0. The molecule has 2 heterocycles. The molecule has 1 saturated heterocycles. The second-order valence-corrected chi connectivity index (χ2v) is 6.17. The molecule has 2 aromatic rings. The molecule has 2 amide bonds. The average molecular weight is 380 g/mol. The highest BCUT2D eigenvalue weighted by molar-refractivity contribution is 5.97. The van der Waals surface area contributed by atoms with Gasteiger partial charge in [-0.1, -0.05) is 12.1 Å². The Hall–Kier alpha value is -3.17. The van der Waals surface area contributed by atoms with Crippen molar-refractivity contribution in [3.63, 3.8) is 0 Å². The lowest BCUT2D eigenvalue weighted by Gasteiger charge is -2.18. The Bertz CT molecular complexity index is 906. The molecule has 1 atom stereocenters. The van der Waals surface area contributed by atoms with E-state index in [1.807, 2.05) is 0 Å². The lowest BCUT2D eigenvalue weighted by molar-refractivity contribution is -0.157. The molecular weight excluding hydrogens is 365 g/mol. The topological polar surface area (TPSA) is 95.2 Å². The van der Waals surface area contributed by atoms with Crippen molar-refractivity contribution in [1.82, 2.24) is 15.1 Å². The zero-order chi connectivity index (χ0) is 19.6. The van der Waals surface area contributed by atoms with Crippen LogP contribution in [0.5, 0.6) is 0 Å². The molecule has 7 nitrogen and oxygen atoms in total. The van der Waals surface area contributed by atoms with Gasteiger partial charge < -0.3 is 10.2 Å². The second-order valence-electron chi connectivity index (χ2n) is 6.17. The predicted octanol–water partition coefficient (Wildman–Crippen LogP) is 1.79. The van der Waals surface area contributed by atoms with E-state index in [2.05, 4.69) is 15.5 Å². The van der Waals surface area contributed by atoms with Gasteiger partial charge in [-0.15, -0.1) is 0 Å². The number of rotatable bonds is 4. The van der Waals surface area contributed by atoms with Crippen molar-refractivity contribution in [3.05, 3.63) is 46.8 Å². The maximum atomic E-state index is 12.5. The summed E-state index contributed by atoms with van der Waals surface area (Å²) in [4.78, 5) is 35.7. The number of anilines is 1. The van der Waals surface area contributed by atoms with Crippen molar-refractivity contribution in [3.8, 4) is 11.3 Å². The first-order valence-electron chi connectivity index (χ1n) is 8.03. The van der Waals surface area contributed by atoms with Gasteiger partial charge in [-0.2, -0.15) is 18.3 Å². The van der Waals surface area contributed by atoms with Crippen LogP contribution >= 0.6 is 0 Å². The van der Waals surface area contributed by atoms with Gasteiger partial charge in [-0.05, 0) is 18.2 Å². The Morgan fingerprint density at radius 3 is 2.70 bits per heavy atom. The highest BCUT2D eigenvalue weighted by Gasteiger charge is 2.40. The largest absolute Gasteiger partial charge is 0.406 e. The number of carbonyl (C=O) groups excluding carboxylic acids is 2. The van der Waals surface area contributed by atoms with Crippen LogP contribution in [0, 0.1) is 5.92 Å². The van der Waals surface area contributed by atoms with Crippen molar-refractivity contribution in [2.45, 2.75) is 12.6 Å². The summed E-state index contributed by atoms with van der Waals surface area (Å²) < 4.78 is 37.4. The number of carbonyl (C=O) groups is 2. The van der Waals surface area contributed by atoms with Crippen LogP contribution in [0.4, 0.5) is 18.9 Å². The SMILES string of the molecule is O=C(Nc1cccc(-c2ccc(=O)[nH]n2)c1)C1CC(=O)N(CC(F)(F)F)C1. The van der Waals surface area contributed by atoms with Gasteiger partial charge in [0, 0.05) is 30.3 Å². The van der Waals surface area contributed by atoms with E-state index >= 15 is 0 Å². The fourth-order valence-corrected chi connectivity index (χ4v) is 2.82. The van der Waals surface area contributed by atoms with Crippen LogP contribution in [0.1, 0.15) is 6.42 Å². The minimum atomic E-state index is -4.50. The number of halogens is 3. The molecule has 27 heavy (non-hydrogen) atoms. The fourth-order valence-electron chi connectivity index (χ4n) is 2.82. The van der Waals surface area contributed by atoms with Crippen LogP contribution in [0.3, 0.4) is 0 Å². The van der Waals surface area contributed by atoms with Crippen molar-refractivity contribution in [1.29, 1.82) is 0 Å². The zero-order valence-corrected chi connectivity index (χ0v) is 13.9. The monoisotopic (exact) mass is 380 g/mol. The minimum Gasteiger partial charge on any atom is -0.333 e. The lowest BCUT2D eigenvalue weighted by Crippen LogP contribution is -2.36. The van der Waals surface area contributed by atoms with Crippen LogP contribution in [0.15, 0.2) is 41.2 Å². The molecule has 0 bridgehead atoms. The molecule has 10 heteroatoms. The van der Waals surface area contributed by atoms with Crippen molar-refractivity contribution < 1.29 is 22.8 Å². The first-order chi connectivity index (χ1) is 12.7. The van der Waals surface area contributed by atoms with Crippen molar-refractivity contribution in [2.75, 3.05) is 18.4 Å². The van der Waals surface area contributed by atoms with E-state index < -0.39 is 30.5 Å². The number of aromatic nitrogens is 2. The fraction of sp³-hybridized carbons (Fsp3) is 0.294. The Morgan fingerprint density at radius 2 is 2.04 bits per heavy atom. The van der Waals surface area contributed by atoms with Gasteiger partial charge in [0.1, 0.15) is 6.54 Å². The summed E-state index contributed by atoms with van der Waals surface area (Å²) in [5.41, 5.74) is 1.17. The number of H-pyrrole nitrogens is 1. The van der Waals surface area contributed by atoms with Crippen LogP contribution < -0.4 is 10.9 Å². The number of hydrogen-bond acceptors (Lipinski definition) is 4. The number of nitrogens with one attached hydrogen (secondary N) is 2. The molecule has 2 N–H and O–H groups in total. The highest BCUT2D eigenvalue weighted by Crippen LogP contribution is 2.25. The first-order valence-corrected chi connectivity index (χ1v) is 8.03. The highest BCUT2D eigenvalue weighted by atomic mass is 19.4. The quantitative estimate of drug-likeness (QED) is 0.845. The third kappa shape index (κ3) is 4.72. The predicted molar refractivity (Wildman–Crippen MR) is 89.7 cm³/mol. The molecule has 0 radical (unpaired) electrons. The van der Waals surface area contributed by atoms with E-state index in [1.54, 1.807) is 24.3 Å². The summed E-state index contributed by atoms with van der Waals surface area (Å²) in [5.74, 6) is -2.08. The van der Waals surface area contributed by atoms with Gasteiger partial charge in [0.2, 0.25) is 11.8 Å². The number of alkyl halides is 3. The maximum absolute atomic E-state index is 12.5. The molecule has 3 rings (SSSR count). The van der Waals surface area contributed by atoms with E-state index in [9.17, 15) is 27.6 Å². The molecule has 1 unspecified atom stereocenters. The van der Waals surface area contributed by atoms with Crippen LogP contribution in [0.2, 0.25) is 0 Å². The van der Waals surface area contributed by atoms with Crippen molar-refractivity contribution in [2.24, 2.45) is 5.92 Å². The summed E-state index contributed by atoms with van der Waals surface area (Å²) in [6.45, 7) is -1.63. The summed E-state index contributed by atoms with van der Waals surface area (Å²) in [5, 5.41) is 8.81. The summed E-state index contributed by atoms with van der Waals surface area (Å²) in [6, 6.07) is 9.44. The molecule has 1 fully saturated rings. The van der Waals surface area contributed by atoms with E-state index in [4.69, 9.17) is 0 Å². The van der Waals surface area contributed by atoms with Crippen LogP contribution in [0.25, 0.3) is 11.3 Å². The molecule has 0 aliphatic carbocycles. The third-order valence-corrected chi connectivity index (χ3v) is 4.06. The zero-order valence-electron chi connectivity index (χ0n) is 13.9. The number of nitrogens with zero attached hydrogens (tertiary/aromatic N) is 2. The number of hydrogen-bond donors (Lipinski definition) is 2. The molecule has 1 aromatic heterocycles. The molecule has 1 aliphatic rings. The van der Waals surface area contributed by atoms with Gasteiger partial charge >= 0.3 is 6.18 Å². The van der Waals surface area contributed by atoms with Crippen molar-refractivity contribution >= 4 is 17.5 Å². The molecule has 0 spiro atoms. The summed E-state index contributed by atoms with van der Waals surface area (Å²) in [7, 11) is 0. The molecule has 1 aromatic carbocycles. The smallest absolute Gasteiger partial charge is 0.333 e. The number of aromatic amines is 1. The molecule has 1 aliphatic heterocycles. The normalized spacial score (nSPS) is 17.2. The first kappa shape index (κ1) is 18.6. The van der Waals surface area contributed by atoms with E-state index in [1.165, 1.54) is 12.1 Å². The third-order valence-electron chi connectivity index (χ3n) is 4.06. The van der Waals surface area contributed by atoms with Gasteiger partial charge in [0.25, 0.3) is 5.56 Å². The number of benzene rings is 1.